The zero-order valence-electron chi connectivity index (χ0n) is 22.4. The quantitative estimate of drug-likeness (QED) is 0.0628. The molecule has 6 atom stereocenters. The van der Waals surface area contributed by atoms with Crippen molar-refractivity contribution in [3.05, 3.63) is 0 Å². The van der Waals surface area contributed by atoms with Gasteiger partial charge in [0.05, 0.1) is 16.3 Å². The second kappa shape index (κ2) is 32.3. The third kappa shape index (κ3) is 35.4. The summed E-state index contributed by atoms with van der Waals surface area (Å²) in [6.45, 7) is 12.8. The lowest BCUT2D eigenvalue weighted by Crippen LogP contribution is -2.12. The maximum Gasteiger partial charge on any atom is 0.324 e. The molecule has 6 nitrogen and oxygen atoms in total. The van der Waals surface area contributed by atoms with Gasteiger partial charge in [-0.3, -0.25) is 0 Å². The molecule has 0 fully saturated rings. The van der Waals surface area contributed by atoms with Gasteiger partial charge in [0.15, 0.2) is 0 Å². The molecule has 6 N–H and O–H groups in total. The maximum absolute atomic E-state index is 9.10. The molecule has 0 saturated carbocycles. The first kappa shape index (κ1) is 42.3. The lowest BCUT2D eigenvalue weighted by atomic mass is 10.0. The van der Waals surface area contributed by atoms with Gasteiger partial charge in [-0.1, -0.05) is 99.3 Å². The fourth-order valence-corrected chi connectivity index (χ4v) is 4.17. The van der Waals surface area contributed by atoms with Crippen LogP contribution in [0.2, 0.25) is 0 Å². The number of rotatable bonds is 15. The fraction of sp³-hybridized carbons (Fsp3) is 1.00. The molecule has 0 aromatic rings. The first-order valence-electron chi connectivity index (χ1n) is 12.8. The van der Waals surface area contributed by atoms with E-state index in [9.17, 15) is 0 Å². The molecule has 6 unspecified atom stereocenters. The fourth-order valence-electron chi connectivity index (χ4n) is 3.09. The predicted octanol–water partition coefficient (Wildman–Crippen LogP) is 6.54. The van der Waals surface area contributed by atoms with Crippen LogP contribution < -0.4 is 0 Å². The van der Waals surface area contributed by atoms with E-state index in [2.05, 4.69) is 79.4 Å². The summed E-state index contributed by atoms with van der Waals surface area (Å²) in [5.74, 6) is 1.18. The molecule has 0 spiro atoms. The molecule has 0 aliphatic rings. The van der Waals surface area contributed by atoms with Crippen LogP contribution in [-0.2, 0) is 0 Å². The minimum Gasteiger partial charge on any atom is -0.382 e. The molecule has 0 aromatic carbocycles. The zero-order chi connectivity index (χ0) is 27.5. The van der Waals surface area contributed by atoms with Crippen LogP contribution in [0, 0.1) is 17.8 Å². The highest BCUT2D eigenvalue weighted by Gasteiger charge is 2.13. The number of aliphatic hydroxyl groups excluding tert-OH is 3. The molecule has 0 rings (SSSR count). The molecule has 10 heteroatoms. The third-order valence-electron chi connectivity index (χ3n) is 5.62. The minimum absolute atomic E-state index is 0.392. The van der Waals surface area contributed by atoms with Gasteiger partial charge >= 0.3 is 8.60 Å². The zero-order valence-corrected chi connectivity index (χ0v) is 26.0. The Hall–Kier alpha value is 1.24. The lowest BCUT2D eigenvalue weighted by molar-refractivity contribution is 0.180. The van der Waals surface area contributed by atoms with Crippen molar-refractivity contribution in [1.29, 1.82) is 0 Å². The van der Waals surface area contributed by atoms with E-state index in [1.54, 1.807) is 0 Å². The van der Waals surface area contributed by atoms with Crippen molar-refractivity contribution in [1.82, 2.24) is 0 Å². The average Bonchev–Trinajstić information content (AvgIpc) is 2.75. The van der Waals surface area contributed by atoms with Gasteiger partial charge in [-0.05, 0) is 37.0 Å². The molecule has 0 radical (unpaired) electrons. The van der Waals surface area contributed by atoms with Gasteiger partial charge in [-0.2, -0.15) is 0 Å². The smallest absolute Gasteiger partial charge is 0.324 e. The summed E-state index contributed by atoms with van der Waals surface area (Å²) in [5, 5.41) is 27.3. The largest absolute Gasteiger partial charge is 0.382 e. The first-order valence-corrected chi connectivity index (χ1v) is 15.6. The van der Waals surface area contributed by atoms with Gasteiger partial charge in [0.2, 0.25) is 0 Å². The Morgan fingerprint density at radius 3 is 0.765 bits per heavy atom. The standard InChI is InChI=1S/3C8H18OS.H3O3P/c3*1-3-5-6-7(4-2)8(9)10;1-4(2)3/h3*7-10H,3-6H2,1-2H3;1-3H. The second-order valence-corrected chi connectivity index (χ2v) is 10.6. The third-order valence-corrected chi connectivity index (χ3v) is 6.89. The van der Waals surface area contributed by atoms with Crippen molar-refractivity contribution < 1.29 is 30.0 Å². The molecular weight excluding hydrogens is 511 g/mol. The van der Waals surface area contributed by atoms with Crippen LogP contribution in [0.15, 0.2) is 0 Å². The van der Waals surface area contributed by atoms with Gasteiger partial charge in [0.25, 0.3) is 0 Å². The Morgan fingerprint density at radius 2 is 0.676 bits per heavy atom. The Balaban J connectivity index is -0.000000184. The van der Waals surface area contributed by atoms with E-state index in [1.165, 1.54) is 38.5 Å². The molecule has 0 aliphatic carbocycles. The van der Waals surface area contributed by atoms with Crippen molar-refractivity contribution >= 4 is 46.5 Å². The maximum atomic E-state index is 9.10. The van der Waals surface area contributed by atoms with E-state index >= 15 is 0 Å². The summed E-state index contributed by atoms with van der Waals surface area (Å²) in [5.41, 5.74) is -1.26. The van der Waals surface area contributed by atoms with Crippen LogP contribution in [-0.4, -0.2) is 46.3 Å². The first-order chi connectivity index (χ1) is 15.9. The SMILES string of the molecule is CCCCC(CC)C(O)S.CCCCC(CC)C(O)S.CCCCC(CC)C(O)S.OP(O)O. The highest BCUT2D eigenvalue weighted by Crippen LogP contribution is 2.20. The van der Waals surface area contributed by atoms with Crippen LogP contribution >= 0.6 is 46.5 Å². The number of hydrogen-bond acceptors (Lipinski definition) is 9. The summed E-state index contributed by atoms with van der Waals surface area (Å²) in [4.78, 5) is 21.7. The Bertz CT molecular complexity index is 317. The van der Waals surface area contributed by atoms with E-state index in [-0.39, 0.29) is 0 Å². The second-order valence-electron chi connectivity index (χ2n) is 8.44. The van der Waals surface area contributed by atoms with Crippen LogP contribution in [0.1, 0.15) is 119 Å². The van der Waals surface area contributed by atoms with Crippen molar-refractivity contribution in [2.45, 2.75) is 135 Å². The topological polar surface area (TPSA) is 121 Å². The van der Waals surface area contributed by atoms with E-state index in [0.717, 1.165) is 38.5 Å². The van der Waals surface area contributed by atoms with Crippen molar-refractivity contribution in [3.63, 3.8) is 0 Å². The molecule has 0 aromatic heterocycles. The highest BCUT2D eigenvalue weighted by molar-refractivity contribution is 7.81. The van der Waals surface area contributed by atoms with E-state index < -0.39 is 24.9 Å². The Kier molecular flexibility index (Phi) is 40.2. The van der Waals surface area contributed by atoms with Crippen LogP contribution in [0.3, 0.4) is 0 Å². The summed E-state index contributed by atoms with van der Waals surface area (Å²) in [6.07, 6.45) is 13.7. The van der Waals surface area contributed by atoms with Gasteiger partial charge in [0, 0.05) is 0 Å². The van der Waals surface area contributed by atoms with Crippen molar-refractivity contribution in [3.8, 4) is 0 Å². The number of aliphatic hydroxyl groups is 3. The molecular formula is C24H57O6PS3. The Morgan fingerprint density at radius 1 is 0.500 bits per heavy atom. The molecule has 34 heavy (non-hydrogen) atoms. The number of thiol groups is 3. The van der Waals surface area contributed by atoms with E-state index in [1.807, 2.05) is 0 Å². The van der Waals surface area contributed by atoms with Gasteiger partial charge < -0.3 is 30.0 Å². The van der Waals surface area contributed by atoms with E-state index in [0.29, 0.717) is 17.8 Å². The van der Waals surface area contributed by atoms with Crippen molar-refractivity contribution in [2.75, 3.05) is 0 Å². The normalized spacial score (nSPS) is 15.9. The van der Waals surface area contributed by atoms with E-state index in [4.69, 9.17) is 30.0 Å². The van der Waals surface area contributed by atoms with Crippen molar-refractivity contribution in [2.24, 2.45) is 17.8 Å². The monoisotopic (exact) mass is 568 g/mol. The Labute approximate surface area is 228 Å². The van der Waals surface area contributed by atoms with Crippen LogP contribution in [0.5, 0.6) is 0 Å². The van der Waals surface area contributed by atoms with Gasteiger partial charge in [-0.25, -0.2) is 0 Å². The van der Waals surface area contributed by atoms with Gasteiger partial charge in [-0.15, -0.1) is 37.9 Å². The molecule has 0 saturated heterocycles. The van der Waals surface area contributed by atoms with Crippen LogP contribution in [0.4, 0.5) is 0 Å². The minimum atomic E-state index is -2.62. The molecule has 0 aliphatic heterocycles. The molecule has 0 heterocycles. The highest BCUT2D eigenvalue weighted by atomic mass is 32.1. The van der Waals surface area contributed by atoms with Gasteiger partial charge in [0.1, 0.15) is 0 Å². The average molecular weight is 569 g/mol. The number of unbranched alkanes of at least 4 members (excludes halogenated alkanes) is 3. The summed E-state index contributed by atoms with van der Waals surface area (Å²) >= 11 is 12.0. The summed E-state index contributed by atoms with van der Waals surface area (Å²) in [7, 11) is -2.62. The predicted molar refractivity (Wildman–Crippen MR) is 158 cm³/mol. The van der Waals surface area contributed by atoms with Crippen LogP contribution in [0.25, 0.3) is 0 Å². The summed E-state index contributed by atoms with van der Waals surface area (Å²) in [6, 6.07) is 0. The molecule has 212 valence electrons. The molecule has 0 amide bonds. The lowest BCUT2D eigenvalue weighted by Gasteiger charge is -2.15. The molecule has 0 bridgehead atoms. The number of hydrogen-bond donors (Lipinski definition) is 9. The summed E-state index contributed by atoms with van der Waals surface area (Å²) < 4.78 is 0.